The van der Waals surface area contributed by atoms with E-state index < -0.39 is 6.29 Å². The van der Waals surface area contributed by atoms with E-state index in [9.17, 15) is 4.79 Å². The number of aliphatic hydroxyl groups is 1. The van der Waals surface area contributed by atoms with Crippen LogP contribution in [-0.4, -0.2) is 37.0 Å². The number of Topliss-reactive ketones (excluding diaryl/α,β-unsaturated/α-hetero) is 1. The lowest BCUT2D eigenvalue weighted by Gasteiger charge is -2.10. The molecule has 0 aliphatic heterocycles. The van der Waals surface area contributed by atoms with E-state index in [2.05, 4.69) is 0 Å². The predicted molar refractivity (Wildman–Crippen MR) is 48.4 cm³/mol. The summed E-state index contributed by atoms with van der Waals surface area (Å²) in [5, 5.41) is 9.11. The van der Waals surface area contributed by atoms with Crippen LogP contribution in [-0.2, 0) is 14.3 Å². The second-order valence-electron chi connectivity index (χ2n) is 2.79. The summed E-state index contributed by atoms with van der Waals surface area (Å²) in [6.45, 7) is 4.54. The lowest BCUT2D eigenvalue weighted by molar-refractivity contribution is -0.138. The molecule has 0 aromatic rings. The van der Waals surface area contributed by atoms with Crippen LogP contribution in [0, 0.1) is 0 Å². The molecule has 1 unspecified atom stereocenters. The Morgan fingerprint density at radius 1 is 1.54 bits per heavy atom. The monoisotopic (exact) mass is 190 g/mol. The van der Waals surface area contributed by atoms with Crippen LogP contribution < -0.4 is 0 Å². The summed E-state index contributed by atoms with van der Waals surface area (Å²) in [5.74, 6) is 0.142. The van der Waals surface area contributed by atoms with E-state index in [1.54, 1.807) is 0 Å². The summed E-state index contributed by atoms with van der Waals surface area (Å²) < 4.78 is 9.90. The topological polar surface area (TPSA) is 55.8 Å². The van der Waals surface area contributed by atoms with Gasteiger partial charge in [-0.05, 0) is 20.3 Å². The molecule has 13 heavy (non-hydrogen) atoms. The number of carbonyl (C=O) groups is 1. The minimum absolute atomic E-state index is 0.142. The summed E-state index contributed by atoms with van der Waals surface area (Å²) in [7, 11) is 0. The highest BCUT2D eigenvalue weighted by Gasteiger charge is 2.03. The van der Waals surface area contributed by atoms with Gasteiger partial charge in [0.25, 0.3) is 0 Å². The van der Waals surface area contributed by atoms with Crippen LogP contribution in [0.4, 0.5) is 0 Å². The first-order chi connectivity index (χ1) is 6.16. The van der Waals surface area contributed by atoms with Gasteiger partial charge >= 0.3 is 0 Å². The van der Waals surface area contributed by atoms with Crippen molar-refractivity contribution in [3.63, 3.8) is 0 Å². The highest BCUT2D eigenvalue weighted by Crippen LogP contribution is 1.95. The van der Waals surface area contributed by atoms with E-state index in [-0.39, 0.29) is 12.4 Å². The molecule has 0 aromatic carbocycles. The summed E-state index contributed by atoms with van der Waals surface area (Å²) >= 11 is 0. The molecule has 0 bridgehead atoms. The molecule has 0 aromatic heterocycles. The van der Waals surface area contributed by atoms with Crippen LogP contribution in [0.1, 0.15) is 26.7 Å². The average Bonchev–Trinajstić information content (AvgIpc) is 2.08. The van der Waals surface area contributed by atoms with Gasteiger partial charge in [-0.3, -0.25) is 0 Å². The molecule has 4 heteroatoms. The number of ether oxygens (including phenoxy) is 2. The highest BCUT2D eigenvalue weighted by atomic mass is 16.6. The molecule has 78 valence electrons. The van der Waals surface area contributed by atoms with Gasteiger partial charge in [-0.25, -0.2) is 0 Å². The van der Waals surface area contributed by atoms with E-state index >= 15 is 0 Å². The molecule has 0 spiro atoms. The molecule has 0 amide bonds. The minimum atomic E-state index is -0.869. The normalized spacial score (nSPS) is 12.8. The molecule has 0 rings (SSSR count). The quantitative estimate of drug-likeness (QED) is 0.453. The Kier molecular flexibility index (Phi) is 7.88. The fourth-order valence-electron chi connectivity index (χ4n) is 0.807. The molecule has 0 heterocycles. The zero-order valence-corrected chi connectivity index (χ0v) is 8.28. The highest BCUT2D eigenvalue weighted by molar-refractivity contribution is 5.75. The van der Waals surface area contributed by atoms with Gasteiger partial charge in [0.05, 0.1) is 13.2 Å². The van der Waals surface area contributed by atoms with Crippen molar-refractivity contribution in [2.45, 2.75) is 33.0 Å². The third-order valence-electron chi connectivity index (χ3n) is 1.45. The first-order valence-electron chi connectivity index (χ1n) is 4.53. The Balaban J connectivity index is 3.16. The molecule has 0 fully saturated rings. The lowest BCUT2D eigenvalue weighted by Crippen LogP contribution is -2.19. The lowest BCUT2D eigenvalue weighted by atomic mass is 10.2. The van der Waals surface area contributed by atoms with Gasteiger partial charge in [0.2, 0.25) is 0 Å². The van der Waals surface area contributed by atoms with Gasteiger partial charge in [-0.15, -0.1) is 0 Å². The van der Waals surface area contributed by atoms with Gasteiger partial charge in [-0.1, -0.05) is 0 Å². The summed E-state index contributed by atoms with van der Waals surface area (Å²) in [5.41, 5.74) is 0. The zero-order valence-electron chi connectivity index (χ0n) is 8.28. The first-order valence-corrected chi connectivity index (χ1v) is 4.53. The first kappa shape index (κ1) is 12.6. The van der Waals surface area contributed by atoms with Crippen LogP contribution in [0.5, 0.6) is 0 Å². The van der Waals surface area contributed by atoms with Gasteiger partial charge in [-0.2, -0.15) is 0 Å². The third-order valence-corrected chi connectivity index (χ3v) is 1.45. The predicted octanol–water partition coefficient (Wildman–Crippen LogP) is 0.727. The van der Waals surface area contributed by atoms with E-state index in [1.165, 1.54) is 6.92 Å². The fourth-order valence-corrected chi connectivity index (χ4v) is 0.807. The Hall–Kier alpha value is -0.450. The summed E-state index contributed by atoms with van der Waals surface area (Å²) in [4.78, 5) is 10.5. The van der Waals surface area contributed by atoms with Gasteiger partial charge in [0.15, 0.2) is 6.29 Å². The molecule has 1 atom stereocenters. The minimum Gasteiger partial charge on any atom is -0.376 e. The van der Waals surface area contributed by atoms with Crippen molar-refractivity contribution in [2.75, 3.05) is 19.8 Å². The molecule has 0 aliphatic carbocycles. The molecule has 0 radical (unpaired) electrons. The van der Waals surface area contributed by atoms with Crippen LogP contribution in [0.3, 0.4) is 0 Å². The van der Waals surface area contributed by atoms with Crippen molar-refractivity contribution < 1.29 is 19.4 Å². The van der Waals surface area contributed by atoms with E-state index in [4.69, 9.17) is 14.6 Å². The largest absolute Gasteiger partial charge is 0.376 e. The van der Waals surface area contributed by atoms with E-state index in [1.807, 2.05) is 6.92 Å². The molecular weight excluding hydrogens is 172 g/mol. The maximum atomic E-state index is 10.5. The smallest absolute Gasteiger partial charge is 0.178 e. The standard InChI is InChI=1S/C9H18O4/c1-3-12-7-9(11)13-6-4-5-8(2)10/h9,11H,3-7H2,1-2H3. The summed E-state index contributed by atoms with van der Waals surface area (Å²) in [6, 6.07) is 0. The van der Waals surface area contributed by atoms with Crippen LogP contribution in [0.25, 0.3) is 0 Å². The second-order valence-corrected chi connectivity index (χ2v) is 2.79. The van der Waals surface area contributed by atoms with Crippen LogP contribution in [0.2, 0.25) is 0 Å². The van der Waals surface area contributed by atoms with Crippen LogP contribution in [0.15, 0.2) is 0 Å². The van der Waals surface area contributed by atoms with Crippen molar-refractivity contribution in [1.82, 2.24) is 0 Å². The van der Waals surface area contributed by atoms with Gasteiger partial charge in [0, 0.05) is 13.0 Å². The van der Waals surface area contributed by atoms with Crippen molar-refractivity contribution >= 4 is 5.78 Å². The van der Waals surface area contributed by atoms with E-state index in [0.717, 1.165) is 0 Å². The van der Waals surface area contributed by atoms with Crippen molar-refractivity contribution in [2.24, 2.45) is 0 Å². The Morgan fingerprint density at radius 2 is 2.23 bits per heavy atom. The van der Waals surface area contributed by atoms with E-state index in [0.29, 0.717) is 26.1 Å². The number of hydrogen-bond acceptors (Lipinski definition) is 4. The number of aliphatic hydroxyl groups excluding tert-OH is 1. The molecule has 0 saturated heterocycles. The van der Waals surface area contributed by atoms with Gasteiger partial charge in [0.1, 0.15) is 5.78 Å². The number of hydrogen-bond donors (Lipinski definition) is 1. The number of rotatable bonds is 8. The van der Waals surface area contributed by atoms with Gasteiger partial charge < -0.3 is 19.4 Å². The second kappa shape index (κ2) is 8.16. The Morgan fingerprint density at radius 3 is 2.77 bits per heavy atom. The number of ketones is 1. The molecule has 0 aliphatic rings. The van der Waals surface area contributed by atoms with Crippen LogP contribution >= 0.6 is 0 Å². The Bertz CT molecular complexity index is 136. The molecule has 0 saturated carbocycles. The van der Waals surface area contributed by atoms with Crippen molar-refractivity contribution in [3.8, 4) is 0 Å². The third kappa shape index (κ3) is 9.46. The van der Waals surface area contributed by atoms with Crippen molar-refractivity contribution in [3.05, 3.63) is 0 Å². The fraction of sp³-hybridized carbons (Fsp3) is 0.889. The van der Waals surface area contributed by atoms with Crippen molar-refractivity contribution in [1.29, 1.82) is 0 Å². The summed E-state index contributed by atoms with van der Waals surface area (Å²) in [6.07, 6.45) is 0.284. The SMILES string of the molecule is CCOCC(O)OCCCC(C)=O. The molecule has 1 N–H and O–H groups in total. The maximum Gasteiger partial charge on any atom is 0.178 e. The Labute approximate surface area is 78.8 Å². The molecule has 4 nitrogen and oxygen atoms in total. The number of carbonyl (C=O) groups excluding carboxylic acids is 1. The average molecular weight is 190 g/mol. The maximum absolute atomic E-state index is 10.5. The molecular formula is C9H18O4. The zero-order chi connectivity index (χ0) is 10.1.